The lowest BCUT2D eigenvalue weighted by Crippen LogP contribution is -2.03. The van der Waals surface area contributed by atoms with Gasteiger partial charge in [0.1, 0.15) is 5.82 Å². The molecule has 0 N–H and O–H groups in total. The number of hydrogen-bond donors (Lipinski definition) is 0. The Bertz CT molecular complexity index is 882. The first-order valence-electron chi connectivity index (χ1n) is 8.31. The Hall–Kier alpha value is -2.01. The van der Waals surface area contributed by atoms with Crippen LogP contribution in [0.5, 0.6) is 0 Å². The van der Waals surface area contributed by atoms with E-state index >= 15 is 0 Å². The van der Waals surface area contributed by atoms with Crippen molar-refractivity contribution in [2.24, 2.45) is 5.92 Å². The number of rotatable bonds is 5. The standard InChI is InChI=1S/C20H20F2O2S/c1-2-25(23,24)18-9-5-16(6-10-18)20-12-14(13-21)11-19(20)15-3-7-17(22)8-4-15/h3-10,14H,2,11-13H2,1H3. The highest BCUT2D eigenvalue weighted by molar-refractivity contribution is 7.91. The molecule has 3 rings (SSSR count). The van der Waals surface area contributed by atoms with Gasteiger partial charge in [-0.25, -0.2) is 12.8 Å². The zero-order valence-electron chi connectivity index (χ0n) is 14.0. The normalized spacial score (nSPS) is 18.0. The molecule has 0 radical (unpaired) electrons. The van der Waals surface area contributed by atoms with E-state index in [1.54, 1.807) is 43.3 Å². The average molecular weight is 362 g/mol. The number of sulfone groups is 1. The van der Waals surface area contributed by atoms with Gasteiger partial charge >= 0.3 is 0 Å². The second-order valence-corrected chi connectivity index (χ2v) is 8.60. The topological polar surface area (TPSA) is 34.1 Å². The number of benzene rings is 2. The summed E-state index contributed by atoms with van der Waals surface area (Å²) in [5.74, 6) is -0.339. The van der Waals surface area contributed by atoms with Crippen LogP contribution in [0, 0.1) is 11.7 Å². The highest BCUT2D eigenvalue weighted by Gasteiger charge is 2.26. The molecule has 0 amide bonds. The van der Waals surface area contributed by atoms with Gasteiger partial charge < -0.3 is 0 Å². The van der Waals surface area contributed by atoms with Gasteiger partial charge in [-0.05, 0) is 65.3 Å². The summed E-state index contributed by atoms with van der Waals surface area (Å²) in [6.07, 6.45) is 1.20. The Balaban J connectivity index is 2.02. The molecule has 5 heteroatoms. The Labute approximate surface area is 147 Å². The van der Waals surface area contributed by atoms with Gasteiger partial charge in [0.25, 0.3) is 0 Å². The maximum absolute atomic E-state index is 13.2. The minimum atomic E-state index is -3.24. The number of hydrogen-bond acceptors (Lipinski definition) is 2. The molecule has 0 saturated heterocycles. The summed E-state index contributed by atoms with van der Waals surface area (Å²) in [6, 6.07) is 13.0. The van der Waals surface area contributed by atoms with Crippen molar-refractivity contribution in [3.05, 3.63) is 65.5 Å². The van der Waals surface area contributed by atoms with E-state index in [2.05, 4.69) is 0 Å². The van der Waals surface area contributed by atoms with Crippen molar-refractivity contribution >= 4 is 21.0 Å². The third kappa shape index (κ3) is 3.66. The molecule has 2 aromatic carbocycles. The Morgan fingerprint density at radius 1 is 0.920 bits per heavy atom. The molecule has 2 nitrogen and oxygen atoms in total. The van der Waals surface area contributed by atoms with E-state index in [-0.39, 0.29) is 17.5 Å². The first-order chi connectivity index (χ1) is 11.9. The van der Waals surface area contributed by atoms with Crippen LogP contribution >= 0.6 is 0 Å². The number of halogens is 2. The zero-order chi connectivity index (χ0) is 18.0. The van der Waals surface area contributed by atoms with E-state index in [0.29, 0.717) is 17.7 Å². The number of alkyl halides is 1. The van der Waals surface area contributed by atoms with Crippen molar-refractivity contribution in [2.45, 2.75) is 24.7 Å². The molecule has 1 atom stereocenters. The molecular formula is C20H20F2O2S. The van der Waals surface area contributed by atoms with E-state index < -0.39 is 16.5 Å². The van der Waals surface area contributed by atoms with Crippen LogP contribution in [-0.4, -0.2) is 20.8 Å². The molecule has 0 aliphatic heterocycles. The van der Waals surface area contributed by atoms with Gasteiger partial charge in [0.15, 0.2) is 9.84 Å². The molecule has 0 fully saturated rings. The van der Waals surface area contributed by atoms with Crippen molar-refractivity contribution < 1.29 is 17.2 Å². The molecule has 2 aromatic rings. The quantitative estimate of drug-likeness (QED) is 0.757. The van der Waals surface area contributed by atoms with Gasteiger partial charge in [0.05, 0.1) is 17.3 Å². The predicted octanol–water partition coefficient (Wildman–Crippen LogP) is 4.91. The lowest BCUT2D eigenvalue weighted by Gasteiger charge is -2.09. The van der Waals surface area contributed by atoms with Gasteiger partial charge in [-0.15, -0.1) is 0 Å². The monoisotopic (exact) mass is 362 g/mol. The first kappa shape index (κ1) is 17.8. The summed E-state index contributed by atoms with van der Waals surface area (Å²) in [6.45, 7) is 1.21. The van der Waals surface area contributed by atoms with Gasteiger partial charge in [0.2, 0.25) is 0 Å². The van der Waals surface area contributed by atoms with Crippen LogP contribution in [-0.2, 0) is 9.84 Å². The molecule has 1 aliphatic carbocycles. The maximum Gasteiger partial charge on any atom is 0.178 e. The highest BCUT2D eigenvalue weighted by Crippen LogP contribution is 2.43. The van der Waals surface area contributed by atoms with Crippen LogP contribution < -0.4 is 0 Å². The summed E-state index contributed by atoms with van der Waals surface area (Å²) in [7, 11) is -3.24. The van der Waals surface area contributed by atoms with E-state index in [1.165, 1.54) is 12.1 Å². The molecule has 25 heavy (non-hydrogen) atoms. The van der Waals surface area contributed by atoms with Crippen molar-refractivity contribution in [2.75, 3.05) is 12.4 Å². The molecule has 0 spiro atoms. The fraction of sp³-hybridized carbons (Fsp3) is 0.300. The molecule has 0 heterocycles. The van der Waals surface area contributed by atoms with Crippen molar-refractivity contribution in [3.8, 4) is 0 Å². The smallest absolute Gasteiger partial charge is 0.178 e. The summed E-state index contributed by atoms with van der Waals surface area (Å²) < 4.78 is 50.3. The lowest BCUT2D eigenvalue weighted by molar-refractivity contribution is 0.379. The minimum Gasteiger partial charge on any atom is -0.251 e. The molecule has 0 bridgehead atoms. The van der Waals surface area contributed by atoms with E-state index in [4.69, 9.17) is 0 Å². The van der Waals surface area contributed by atoms with Crippen LogP contribution in [0.1, 0.15) is 30.9 Å². The summed E-state index contributed by atoms with van der Waals surface area (Å²) in [4.78, 5) is 0.294. The number of allylic oxidation sites excluding steroid dienone is 2. The lowest BCUT2D eigenvalue weighted by atomic mass is 9.97. The Morgan fingerprint density at radius 2 is 1.40 bits per heavy atom. The van der Waals surface area contributed by atoms with Gasteiger partial charge in [0, 0.05) is 0 Å². The summed E-state index contributed by atoms with van der Waals surface area (Å²) in [5, 5.41) is 0. The molecular weight excluding hydrogens is 342 g/mol. The van der Waals surface area contributed by atoms with Crippen LogP contribution in [0.2, 0.25) is 0 Å². The van der Waals surface area contributed by atoms with E-state index in [1.807, 2.05) is 0 Å². The molecule has 132 valence electrons. The Kier molecular flexibility index (Phi) is 5.04. The van der Waals surface area contributed by atoms with Gasteiger partial charge in [-0.2, -0.15) is 0 Å². The average Bonchev–Trinajstić information content (AvgIpc) is 3.07. The Morgan fingerprint density at radius 3 is 1.84 bits per heavy atom. The third-order valence-electron chi connectivity index (χ3n) is 4.70. The van der Waals surface area contributed by atoms with Gasteiger partial charge in [-0.3, -0.25) is 4.39 Å². The second kappa shape index (κ2) is 7.08. The fourth-order valence-electron chi connectivity index (χ4n) is 3.27. The molecule has 1 aliphatic rings. The first-order valence-corrected chi connectivity index (χ1v) is 9.97. The van der Waals surface area contributed by atoms with E-state index in [0.717, 1.165) is 22.3 Å². The fourth-order valence-corrected chi connectivity index (χ4v) is 4.15. The van der Waals surface area contributed by atoms with Crippen LogP contribution in [0.3, 0.4) is 0 Å². The van der Waals surface area contributed by atoms with E-state index in [9.17, 15) is 17.2 Å². The van der Waals surface area contributed by atoms with Crippen LogP contribution in [0.15, 0.2) is 53.4 Å². The summed E-state index contributed by atoms with van der Waals surface area (Å²) >= 11 is 0. The minimum absolute atomic E-state index is 0.0554. The maximum atomic E-state index is 13.2. The van der Waals surface area contributed by atoms with Crippen molar-refractivity contribution in [3.63, 3.8) is 0 Å². The molecule has 0 saturated carbocycles. The molecule has 0 aromatic heterocycles. The SMILES string of the molecule is CCS(=O)(=O)c1ccc(C2=C(c3ccc(F)cc3)CC(CF)C2)cc1. The predicted molar refractivity (Wildman–Crippen MR) is 96.1 cm³/mol. The van der Waals surface area contributed by atoms with Crippen molar-refractivity contribution in [1.82, 2.24) is 0 Å². The summed E-state index contributed by atoms with van der Waals surface area (Å²) in [5.41, 5.74) is 3.80. The largest absolute Gasteiger partial charge is 0.251 e. The third-order valence-corrected chi connectivity index (χ3v) is 6.45. The van der Waals surface area contributed by atoms with Crippen molar-refractivity contribution in [1.29, 1.82) is 0 Å². The highest BCUT2D eigenvalue weighted by atomic mass is 32.2. The van der Waals surface area contributed by atoms with Crippen LogP contribution in [0.25, 0.3) is 11.1 Å². The molecule has 1 unspecified atom stereocenters. The second-order valence-electron chi connectivity index (χ2n) is 6.32. The van der Waals surface area contributed by atoms with Gasteiger partial charge in [-0.1, -0.05) is 31.2 Å². The zero-order valence-corrected chi connectivity index (χ0v) is 14.8. The van der Waals surface area contributed by atoms with Crippen LogP contribution in [0.4, 0.5) is 8.78 Å².